The normalized spacial score (nSPS) is 20.9. The Balaban J connectivity index is 0.00000450. The molecule has 178 valence electrons. The predicted molar refractivity (Wildman–Crippen MR) is 139 cm³/mol. The lowest BCUT2D eigenvalue weighted by atomic mass is 10.0. The van der Waals surface area contributed by atoms with Crippen LogP contribution in [-0.2, 0) is 4.74 Å². The maximum Gasteiger partial charge on any atom is 0.103 e. The molecule has 0 aromatic heterocycles. The van der Waals surface area contributed by atoms with Crippen molar-refractivity contribution in [2.24, 2.45) is 0 Å². The van der Waals surface area contributed by atoms with Crippen LogP contribution in [0.15, 0.2) is 12.4 Å². The van der Waals surface area contributed by atoms with Crippen molar-refractivity contribution < 1.29 is 4.74 Å². The van der Waals surface area contributed by atoms with Crippen LogP contribution in [0.1, 0.15) is 110 Å². The molecule has 2 rings (SSSR count). The van der Waals surface area contributed by atoms with Gasteiger partial charge in [-0.05, 0) is 12.8 Å². The molecule has 3 nitrogen and oxygen atoms in total. The summed E-state index contributed by atoms with van der Waals surface area (Å²) in [5, 5.41) is 0. The summed E-state index contributed by atoms with van der Waals surface area (Å²) in [6.07, 6.45) is 27.5. The SMILES string of the molecule is Br.CCCCCCCCCCCCCCCCCC1OC(CN2C=CN(C)C2)CS1. The first-order valence-electron chi connectivity index (χ1n) is 12.7. The molecule has 30 heavy (non-hydrogen) atoms. The van der Waals surface area contributed by atoms with E-state index in [4.69, 9.17) is 4.74 Å². The van der Waals surface area contributed by atoms with Crippen LogP contribution in [0, 0.1) is 0 Å². The summed E-state index contributed by atoms with van der Waals surface area (Å²) in [7, 11) is 2.13. The molecule has 0 saturated carbocycles. The molecule has 0 N–H and O–H groups in total. The molecule has 0 aromatic carbocycles. The predicted octanol–water partition coefficient (Wildman–Crippen LogP) is 7.96. The van der Waals surface area contributed by atoms with E-state index in [0.717, 1.165) is 19.0 Å². The highest BCUT2D eigenvalue weighted by Gasteiger charge is 2.27. The topological polar surface area (TPSA) is 15.7 Å². The number of unbranched alkanes of at least 4 members (excludes halogenated alkanes) is 14. The fraction of sp³-hybridized carbons (Fsp3) is 0.920. The number of nitrogens with zero attached hydrogens (tertiary/aromatic N) is 2. The Kier molecular flexibility index (Phi) is 17.5. The third-order valence-electron chi connectivity index (χ3n) is 6.23. The summed E-state index contributed by atoms with van der Waals surface area (Å²) in [6, 6.07) is 0. The zero-order chi connectivity index (χ0) is 20.6. The van der Waals surface area contributed by atoms with Crippen molar-refractivity contribution in [3.63, 3.8) is 0 Å². The van der Waals surface area contributed by atoms with Crippen LogP contribution in [0.5, 0.6) is 0 Å². The fourth-order valence-corrected chi connectivity index (χ4v) is 5.59. The first-order chi connectivity index (χ1) is 14.3. The van der Waals surface area contributed by atoms with E-state index in [2.05, 4.69) is 36.2 Å². The van der Waals surface area contributed by atoms with Gasteiger partial charge in [0.05, 0.1) is 12.8 Å². The van der Waals surface area contributed by atoms with Gasteiger partial charge in [0.2, 0.25) is 0 Å². The summed E-state index contributed by atoms with van der Waals surface area (Å²) in [5.41, 5.74) is 0.450. The van der Waals surface area contributed by atoms with E-state index < -0.39 is 0 Å². The minimum atomic E-state index is 0. The summed E-state index contributed by atoms with van der Waals surface area (Å²) in [4.78, 5) is 4.58. The Hall–Kier alpha value is 0.130. The van der Waals surface area contributed by atoms with Gasteiger partial charge < -0.3 is 14.5 Å². The van der Waals surface area contributed by atoms with Gasteiger partial charge in [0, 0.05) is 31.7 Å². The van der Waals surface area contributed by atoms with E-state index >= 15 is 0 Å². The largest absolute Gasteiger partial charge is 0.362 e. The second-order valence-electron chi connectivity index (χ2n) is 9.23. The fourth-order valence-electron chi connectivity index (χ4n) is 4.41. The maximum atomic E-state index is 6.25. The van der Waals surface area contributed by atoms with Crippen LogP contribution in [0.4, 0.5) is 0 Å². The average molecular weight is 506 g/mol. The third kappa shape index (κ3) is 13.5. The van der Waals surface area contributed by atoms with Crippen molar-refractivity contribution in [2.45, 2.75) is 121 Å². The summed E-state index contributed by atoms with van der Waals surface area (Å²) in [5.74, 6) is 1.16. The van der Waals surface area contributed by atoms with Crippen molar-refractivity contribution in [3.8, 4) is 0 Å². The molecular formula is C25H49BrN2OS. The van der Waals surface area contributed by atoms with Gasteiger partial charge in [-0.25, -0.2) is 0 Å². The van der Waals surface area contributed by atoms with Gasteiger partial charge in [0.1, 0.15) is 5.44 Å². The molecule has 2 aliphatic heterocycles. The van der Waals surface area contributed by atoms with Gasteiger partial charge in [-0.1, -0.05) is 96.8 Å². The van der Waals surface area contributed by atoms with E-state index in [1.807, 2.05) is 11.8 Å². The Morgan fingerprint density at radius 3 is 1.83 bits per heavy atom. The molecule has 0 aromatic rings. The quantitative estimate of drug-likeness (QED) is 0.176. The highest BCUT2D eigenvalue weighted by Crippen LogP contribution is 2.30. The molecule has 2 aliphatic rings. The van der Waals surface area contributed by atoms with Crippen molar-refractivity contribution in [3.05, 3.63) is 12.4 Å². The van der Waals surface area contributed by atoms with Crippen molar-refractivity contribution in [1.82, 2.24) is 9.80 Å². The van der Waals surface area contributed by atoms with E-state index in [1.54, 1.807) is 0 Å². The molecule has 0 radical (unpaired) electrons. The standard InChI is InChI=1S/C25H48N2OS.BrH/c1-3-4-5-6-7-8-9-10-11-12-13-14-15-16-17-18-25-28-24(22-29-25)21-27-20-19-26(2)23-27;/h19-20,24-25H,3-18,21-23H2,1-2H3;1H. The minimum absolute atomic E-state index is 0. The number of ether oxygens (including phenoxy) is 1. The number of halogens is 1. The molecule has 2 atom stereocenters. The van der Waals surface area contributed by atoms with E-state index in [9.17, 15) is 0 Å². The molecule has 2 unspecified atom stereocenters. The Morgan fingerprint density at radius 1 is 0.800 bits per heavy atom. The van der Waals surface area contributed by atoms with Crippen LogP contribution in [-0.4, -0.2) is 47.4 Å². The molecule has 0 aliphatic carbocycles. The van der Waals surface area contributed by atoms with Crippen LogP contribution in [0.25, 0.3) is 0 Å². The molecule has 2 heterocycles. The molecule has 1 fully saturated rings. The van der Waals surface area contributed by atoms with Crippen LogP contribution >= 0.6 is 28.7 Å². The summed E-state index contributed by atoms with van der Waals surface area (Å²) in [6.45, 7) is 4.35. The lowest BCUT2D eigenvalue weighted by Crippen LogP contribution is -2.31. The Bertz CT molecular complexity index is 424. The van der Waals surface area contributed by atoms with Gasteiger partial charge in [0.15, 0.2) is 0 Å². The second-order valence-corrected chi connectivity index (χ2v) is 10.4. The van der Waals surface area contributed by atoms with Gasteiger partial charge >= 0.3 is 0 Å². The van der Waals surface area contributed by atoms with Crippen LogP contribution in [0.2, 0.25) is 0 Å². The van der Waals surface area contributed by atoms with Gasteiger partial charge in [-0.3, -0.25) is 0 Å². The average Bonchev–Trinajstić information content (AvgIpc) is 3.33. The molecule has 0 amide bonds. The highest BCUT2D eigenvalue weighted by molar-refractivity contribution is 8.93. The van der Waals surface area contributed by atoms with Crippen LogP contribution < -0.4 is 0 Å². The third-order valence-corrected chi connectivity index (χ3v) is 7.51. The molecule has 5 heteroatoms. The first-order valence-corrected chi connectivity index (χ1v) is 13.7. The van der Waals surface area contributed by atoms with Crippen molar-refractivity contribution in [2.75, 3.05) is 26.0 Å². The Labute approximate surface area is 202 Å². The monoisotopic (exact) mass is 504 g/mol. The molecular weight excluding hydrogens is 456 g/mol. The van der Waals surface area contributed by atoms with E-state index in [1.165, 1.54) is 103 Å². The lowest BCUT2D eigenvalue weighted by molar-refractivity contribution is 0.0421. The van der Waals surface area contributed by atoms with Gasteiger partial charge in [-0.15, -0.1) is 28.7 Å². The molecule has 0 bridgehead atoms. The van der Waals surface area contributed by atoms with Crippen molar-refractivity contribution >= 4 is 28.7 Å². The smallest absolute Gasteiger partial charge is 0.103 e. The first kappa shape index (κ1) is 28.2. The van der Waals surface area contributed by atoms with Crippen molar-refractivity contribution in [1.29, 1.82) is 0 Å². The number of hydrogen-bond acceptors (Lipinski definition) is 4. The summed E-state index contributed by atoms with van der Waals surface area (Å²) < 4.78 is 6.25. The molecule has 0 spiro atoms. The number of thioether (sulfide) groups is 1. The molecule has 1 saturated heterocycles. The highest BCUT2D eigenvalue weighted by atomic mass is 79.9. The Morgan fingerprint density at radius 2 is 1.33 bits per heavy atom. The number of hydrogen-bond donors (Lipinski definition) is 0. The summed E-state index contributed by atoms with van der Waals surface area (Å²) >= 11 is 2.03. The van der Waals surface area contributed by atoms with E-state index in [-0.39, 0.29) is 17.0 Å². The minimum Gasteiger partial charge on any atom is -0.362 e. The van der Waals surface area contributed by atoms with Crippen LogP contribution in [0.3, 0.4) is 0 Å². The van der Waals surface area contributed by atoms with Gasteiger partial charge in [0.25, 0.3) is 0 Å². The lowest BCUT2D eigenvalue weighted by Gasteiger charge is -2.21. The zero-order valence-electron chi connectivity index (χ0n) is 19.9. The maximum absolute atomic E-state index is 6.25. The second kappa shape index (κ2) is 18.7. The van der Waals surface area contributed by atoms with E-state index in [0.29, 0.717) is 11.5 Å². The zero-order valence-corrected chi connectivity index (χ0v) is 22.4. The van der Waals surface area contributed by atoms with Gasteiger partial charge in [-0.2, -0.15) is 0 Å². The number of rotatable bonds is 18.